The van der Waals surface area contributed by atoms with E-state index >= 15 is 0 Å². The minimum Gasteiger partial charge on any atom is -0.369 e. The van der Waals surface area contributed by atoms with Gasteiger partial charge in [-0.3, -0.25) is 14.7 Å². The second-order valence-corrected chi connectivity index (χ2v) is 7.37. The first-order chi connectivity index (χ1) is 14.3. The molecule has 1 aliphatic heterocycles. The van der Waals surface area contributed by atoms with Crippen molar-refractivity contribution < 1.29 is 4.79 Å². The van der Waals surface area contributed by atoms with Crippen LogP contribution in [0.3, 0.4) is 0 Å². The van der Waals surface area contributed by atoms with E-state index in [1.54, 1.807) is 6.20 Å². The van der Waals surface area contributed by atoms with Crippen LogP contribution in [-0.2, 0) is 0 Å². The van der Waals surface area contributed by atoms with Gasteiger partial charge < -0.3 is 10.2 Å². The number of anilines is 1. The fraction of sp³-hybridized carbons (Fsp3) is 0.348. The van der Waals surface area contributed by atoms with E-state index in [1.165, 1.54) is 5.69 Å². The predicted octanol–water partition coefficient (Wildman–Crippen LogP) is 2.96. The number of nitrogens with zero attached hydrogens (tertiary/aromatic N) is 4. The molecule has 4 rings (SSSR count). The van der Waals surface area contributed by atoms with Gasteiger partial charge in [-0.05, 0) is 43.7 Å². The lowest BCUT2D eigenvalue weighted by molar-refractivity contribution is 0.0947. The van der Waals surface area contributed by atoms with Crippen LogP contribution < -0.4 is 10.2 Å². The smallest absolute Gasteiger partial charge is 0.271 e. The van der Waals surface area contributed by atoms with Crippen LogP contribution in [0.1, 0.15) is 23.3 Å². The highest BCUT2D eigenvalue weighted by Crippen LogP contribution is 2.15. The molecule has 0 bridgehead atoms. The third kappa shape index (κ3) is 5.09. The third-order valence-corrected chi connectivity index (χ3v) is 5.36. The average molecular weight is 390 g/mol. The number of hydrogen-bond donors (Lipinski definition) is 1. The van der Waals surface area contributed by atoms with Crippen LogP contribution in [0.5, 0.6) is 0 Å². The summed E-state index contributed by atoms with van der Waals surface area (Å²) in [6.07, 6.45) is 3.59. The van der Waals surface area contributed by atoms with Crippen molar-refractivity contribution in [3.8, 4) is 0 Å². The lowest BCUT2D eigenvalue weighted by Crippen LogP contribution is -2.46. The maximum absolute atomic E-state index is 12.3. The number of hydrogen-bond acceptors (Lipinski definition) is 5. The predicted molar refractivity (Wildman–Crippen MR) is 116 cm³/mol. The van der Waals surface area contributed by atoms with Crippen molar-refractivity contribution in [3.63, 3.8) is 0 Å². The molecule has 3 aromatic rings. The molecule has 150 valence electrons. The van der Waals surface area contributed by atoms with Gasteiger partial charge in [-0.1, -0.05) is 30.3 Å². The Balaban J connectivity index is 1.14. The molecular weight excluding hydrogens is 362 g/mol. The Morgan fingerprint density at radius 2 is 1.62 bits per heavy atom. The molecule has 0 radical (unpaired) electrons. The van der Waals surface area contributed by atoms with Crippen LogP contribution in [0.2, 0.25) is 0 Å². The fourth-order valence-corrected chi connectivity index (χ4v) is 3.69. The van der Waals surface area contributed by atoms with Gasteiger partial charge in [-0.15, -0.1) is 0 Å². The zero-order chi connectivity index (χ0) is 19.9. The van der Waals surface area contributed by atoms with Crippen LogP contribution in [-0.4, -0.2) is 60.0 Å². The lowest BCUT2D eigenvalue weighted by atomic mass is 10.2. The molecular formula is C23H27N5O. The van der Waals surface area contributed by atoms with Crippen molar-refractivity contribution >= 4 is 22.6 Å². The first-order valence-electron chi connectivity index (χ1n) is 10.3. The number of benzene rings is 2. The number of rotatable bonds is 7. The first-order valence-corrected chi connectivity index (χ1v) is 10.3. The number of aromatic nitrogens is 2. The monoisotopic (exact) mass is 389 g/mol. The summed E-state index contributed by atoms with van der Waals surface area (Å²) >= 11 is 0. The summed E-state index contributed by atoms with van der Waals surface area (Å²) in [5.74, 6) is -0.153. The SMILES string of the molecule is O=C(NCCCCN1CCN(c2ccccc2)CC1)c1cnc2ccccc2n1. The Kier molecular flexibility index (Phi) is 6.32. The average Bonchev–Trinajstić information content (AvgIpc) is 2.79. The molecule has 0 saturated carbocycles. The number of para-hydroxylation sites is 3. The molecule has 29 heavy (non-hydrogen) atoms. The number of unbranched alkanes of at least 4 members (excludes halogenated alkanes) is 1. The van der Waals surface area contributed by atoms with Crippen molar-refractivity contribution in [3.05, 3.63) is 66.5 Å². The summed E-state index contributed by atoms with van der Waals surface area (Å²) in [7, 11) is 0. The van der Waals surface area contributed by atoms with E-state index in [9.17, 15) is 4.79 Å². The Morgan fingerprint density at radius 1 is 0.897 bits per heavy atom. The number of carbonyl (C=O) groups excluding carboxylic acids is 1. The maximum atomic E-state index is 12.3. The van der Waals surface area contributed by atoms with Gasteiger partial charge in [0.2, 0.25) is 0 Å². The quantitative estimate of drug-likeness (QED) is 0.630. The first kappa shape index (κ1) is 19.3. The minimum atomic E-state index is -0.153. The molecule has 0 spiro atoms. The van der Waals surface area contributed by atoms with E-state index < -0.39 is 0 Å². The molecule has 1 saturated heterocycles. The third-order valence-electron chi connectivity index (χ3n) is 5.36. The van der Waals surface area contributed by atoms with Gasteiger partial charge in [0.05, 0.1) is 17.2 Å². The number of piperazine rings is 1. The van der Waals surface area contributed by atoms with Crippen LogP contribution in [0.4, 0.5) is 5.69 Å². The van der Waals surface area contributed by atoms with Crippen molar-refractivity contribution in [1.29, 1.82) is 0 Å². The van der Waals surface area contributed by atoms with Crippen molar-refractivity contribution in [2.75, 3.05) is 44.2 Å². The standard InChI is InChI=1S/C23H27N5O/c29-23(22-18-25-20-10-4-5-11-21(20)26-22)24-12-6-7-13-27-14-16-28(17-15-27)19-8-2-1-3-9-19/h1-5,8-11,18H,6-7,12-17H2,(H,24,29). The summed E-state index contributed by atoms with van der Waals surface area (Å²) in [5, 5.41) is 2.96. The van der Waals surface area contributed by atoms with Crippen molar-refractivity contribution in [2.24, 2.45) is 0 Å². The topological polar surface area (TPSA) is 61.4 Å². The zero-order valence-corrected chi connectivity index (χ0v) is 16.6. The molecule has 2 aromatic carbocycles. The van der Waals surface area contributed by atoms with E-state index in [0.717, 1.165) is 56.6 Å². The molecule has 1 aliphatic rings. The Labute approximate surface area is 171 Å². The molecule has 6 nitrogen and oxygen atoms in total. The molecule has 6 heteroatoms. The Bertz CT molecular complexity index is 938. The molecule has 1 N–H and O–H groups in total. The van der Waals surface area contributed by atoms with Gasteiger partial charge in [-0.25, -0.2) is 4.98 Å². The number of amides is 1. The highest BCUT2D eigenvalue weighted by Gasteiger charge is 2.16. The van der Waals surface area contributed by atoms with Crippen LogP contribution >= 0.6 is 0 Å². The van der Waals surface area contributed by atoms with Crippen molar-refractivity contribution in [2.45, 2.75) is 12.8 Å². The highest BCUT2D eigenvalue weighted by molar-refractivity contribution is 5.93. The van der Waals surface area contributed by atoms with E-state index in [2.05, 4.69) is 55.4 Å². The molecule has 0 atom stereocenters. The number of carbonyl (C=O) groups is 1. The minimum absolute atomic E-state index is 0.153. The second kappa shape index (κ2) is 9.47. The summed E-state index contributed by atoms with van der Waals surface area (Å²) in [6, 6.07) is 18.2. The Morgan fingerprint density at radius 3 is 2.41 bits per heavy atom. The maximum Gasteiger partial charge on any atom is 0.271 e. The van der Waals surface area contributed by atoms with Crippen LogP contribution in [0.25, 0.3) is 11.0 Å². The van der Waals surface area contributed by atoms with Gasteiger partial charge in [0.15, 0.2) is 0 Å². The second-order valence-electron chi connectivity index (χ2n) is 7.37. The lowest BCUT2D eigenvalue weighted by Gasteiger charge is -2.36. The van der Waals surface area contributed by atoms with E-state index in [0.29, 0.717) is 12.2 Å². The van der Waals surface area contributed by atoms with Gasteiger partial charge in [0.25, 0.3) is 5.91 Å². The molecule has 1 fully saturated rings. The largest absolute Gasteiger partial charge is 0.369 e. The van der Waals surface area contributed by atoms with E-state index in [1.807, 2.05) is 24.3 Å². The number of fused-ring (bicyclic) bond motifs is 1. The molecule has 0 unspecified atom stereocenters. The summed E-state index contributed by atoms with van der Waals surface area (Å²) in [6.45, 7) is 6.07. The normalized spacial score (nSPS) is 14.8. The summed E-state index contributed by atoms with van der Waals surface area (Å²) < 4.78 is 0. The van der Waals surface area contributed by atoms with Gasteiger partial charge >= 0.3 is 0 Å². The molecule has 2 heterocycles. The number of nitrogens with one attached hydrogen (secondary N) is 1. The highest BCUT2D eigenvalue weighted by atomic mass is 16.1. The van der Waals surface area contributed by atoms with E-state index in [-0.39, 0.29) is 5.91 Å². The summed E-state index contributed by atoms with van der Waals surface area (Å²) in [4.78, 5) is 25.9. The fourth-order valence-electron chi connectivity index (χ4n) is 3.69. The zero-order valence-electron chi connectivity index (χ0n) is 16.6. The van der Waals surface area contributed by atoms with Crippen molar-refractivity contribution in [1.82, 2.24) is 20.2 Å². The summed E-state index contributed by atoms with van der Waals surface area (Å²) in [5.41, 5.74) is 3.23. The van der Waals surface area contributed by atoms with Crippen LogP contribution in [0.15, 0.2) is 60.8 Å². The van der Waals surface area contributed by atoms with Gasteiger partial charge in [0, 0.05) is 38.4 Å². The molecule has 0 aliphatic carbocycles. The van der Waals surface area contributed by atoms with Crippen LogP contribution in [0, 0.1) is 0 Å². The molecule has 1 amide bonds. The Hall–Kier alpha value is -2.99. The van der Waals surface area contributed by atoms with E-state index in [4.69, 9.17) is 0 Å². The molecule has 1 aromatic heterocycles. The van der Waals surface area contributed by atoms with Gasteiger partial charge in [0.1, 0.15) is 5.69 Å². The van der Waals surface area contributed by atoms with Gasteiger partial charge in [-0.2, -0.15) is 0 Å².